The molecule has 0 N–H and O–H groups in total. The smallest absolute Gasteiger partial charge is 0.397 e. The van der Waals surface area contributed by atoms with Crippen LogP contribution >= 0.6 is 0 Å². The van der Waals surface area contributed by atoms with Gasteiger partial charge < -0.3 is 9.64 Å². The number of ether oxygens (including phenoxy) is 1. The van der Waals surface area contributed by atoms with Crippen molar-refractivity contribution in [2.45, 2.75) is 39.0 Å². The number of amides is 1. The van der Waals surface area contributed by atoms with Gasteiger partial charge in [0.05, 0.1) is 6.61 Å². The average molecular weight is 213 g/mol. The van der Waals surface area contributed by atoms with Gasteiger partial charge in [-0.2, -0.15) is 0 Å². The molecule has 0 unspecified atom stereocenters. The lowest BCUT2D eigenvalue weighted by molar-refractivity contribution is -0.160. The van der Waals surface area contributed by atoms with Gasteiger partial charge in [0.1, 0.15) is 0 Å². The number of likely N-dealkylation sites (tertiary alicyclic amines) is 1. The fraction of sp³-hybridized carbons (Fsp3) is 0.818. The molecule has 1 fully saturated rings. The molecule has 0 bridgehead atoms. The second kappa shape index (κ2) is 6.43. The molecule has 0 aromatic carbocycles. The van der Waals surface area contributed by atoms with E-state index in [9.17, 15) is 9.59 Å². The van der Waals surface area contributed by atoms with Crippen LogP contribution in [-0.4, -0.2) is 36.5 Å². The van der Waals surface area contributed by atoms with E-state index in [1.807, 2.05) is 6.92 Å². The molecule has 4 nitrogen and oxygen atoms in total. The van der Waals surface area contributed by atoms with Crippen LogP contribution in [0.15, 0.2) is 0 Å². The number of carbonyl (C=O) groups excluding carboxylic acids is 2. The second-order valence-corrected chi connectivity index (χ2v) is 3.84. The summed E-state index contributed by atoms with van der Waals surface area (Å²) in [4.78, 5) is 24.4. The lowest BCUT2D eigenvalue weighted by Gasteiger charge is -2.25. The first-order chi connectivity index (χ1) is 7.25. The van der Waals surface area contributed by atoms with E-state index in [-0.39, 0.29) is 0 Å². The van der Waals surface area contributed by atoms with Crippen LogP contribution in [0.2, 0.25) is 0 Å². The highest BCUT2D eigenvalue weighted by atomic mass is 16.5. The normalized spacial score (nSPS) is 16.2. The largest absolute Gasteiger partial charge is 0.459 e. The Labute approximate surface area is 90.6 Å². The summed E-state index contributed by atoms with van der Waals surface area (Å²) in [5.74, 6) is -1.16. The number of nitrogens with zero attached hydrogens (tertiary/aromatic N) is 1. The first kappa shape index (κ1) is 12.0. The molecule has 1 rings (SSSR count). The van der Waals surface area contributed by atoms with E-state index in [1.165, 1.54) is 0 Å². The summed E-state index contributed by atoms with van der Waals surface area (Å²) in [6, 6.07) is 0. The van der Waals surface area contributed by atoms with E-state index >= 15 is 0 Å². The van der Waals surface area contributed by atoms with Gasteiger partial charge in [-0.15, -0.1) is 0 Å². The third-order valence-electron chi connectivity index (χ3n) is 2.55. The van der Waals surface area contributed by atoms with Gasteiger partial charge in [0.25, 0.3) is 0 Å². The molecular formula is C11H19NO3. The Kier molecular flexibility index (Phi) is 5.15. The first-order valence-electron chi connectivity index (χ1n) is 5.71. The molecule has 0 atom stereocenters. The molecule has 1 amide bonds. The van der Waals surface area contributed by atoms with Gasteiger partial charge in [-0.1, -0.05) is 13.3 Å². The Balaban J connectivity index is 2.28. The Morgan fingerprint density at radius 3 is 2.47 bits per heavy atom. The van der Waals surface area contributed by atoms with Crippen LogP contribution in [0.1, 0.15) is 39.0 Å². The minimum Gasteiger partial charge on any atom is -0.459 e. The number of carbonyl (C=O) groups is 2. The maximum absolute atomic E-state index is 11.5. The highest BCUT2D eigenvalue weighted by Gasteiger charge is 2.24. The van der Waals surface area contributed by atoms with Gasteiger partial charge in [-0.05, 0) is 25.7 Å². The number of hydrogen-bond donors (Lipinski definition) is 0. The van der Waals surface area contributed by atoms with Crippen molar-refractivity contribution in [1.29, 1.82) is 0 Å². The van der Waals surface area contributed by atoms with E-state index < -0.39 is 11.9 Å². The molecule has 0 saturated carbocycles. The predicted molar refractivity (Wildman–Crippen MR) is 56.3 cm³/mol. The molecule has 0 radical (unpaired) electrons. The highest BCUT2D eigenvalue weighted by molar-refractivity contribution is 6.32. The molecule has 1 saturated heterocycles. The van der Waals surface area contributed by atoms with E-state index in [2.05, 4.69) is 0 Å². The summed E-state index contributed by atoms with van der Waals surface area (Å²) < 4.78 is 4.87. The summed E-state index contributed by atoms with van der Waals surface area (Å²) in [7, 11) is 0. The molecule has 0 aliphatic carbocycles. The maximum Gasteiger partial charge on any atom is 0.397 e. The molecule has 15 heavy (non-hydrogen) atoms. The quantitative estimate of drug-likeness (QED) is 0.404. The average Bonchev–Trinajstić information content (AvgIpc) is 2.29. The van der Waals surface area contributed by atoms with Gasteiger partial charge >= 0.3 is 11.9 Å². The third-order valence-corrected chi connectivity index (χ3v) is 2.55. The van der Waals surface area contributed by atoms with Gasteiger partial charge in [0, 0.05) is 13.1 Å². The number of unbranched alkanes of at least 4 members (excludes halogenated alkanes) is 1. The topological polar surface area (TPSA) is 46.6 Å². The van der Waals surface area contributed by atoms with Crippen LogP contribution in [-0.2, 0) is 14.3 Å². The zero-order valence-corrected chi connectivity index (χ0v) is 9.33. The van der Waals surface area contributed by atoms with E-state index in [0.717, 1.165) is 32.1 Å². The monoisotopic (exact) mass is 213 g/mol. The van der Waals surface area contributed by atoms with Crippen molar-refractivity contribution in [2.75, 3.05) is 19.7 Å². The zero-order valence-electron chi connectivity index (χ0n) is 9.33. The molecule has 1 heterocycles. The molecule has 1 aliphatic rings. The standard InChI is InChI=1S/C11H19NO3/c1-2-3-9-15-11(14)10(13)12-7-5-4-6-8-12/h2-9H2,1H3. The van der Waals surface area contributed by atoms with Crippen LogP contribution < -0.4 is 0 Å². The van der Waals surface area contributed by atoms with Crippen molar-refractivity contribution in [1.82, 2.24) is 4.90 Å². The van der Waals surface area contributed by atoms with Crippen molar-refractivity contribution in [2.24, 2.45) is 0 Å². The van der Waals surface area contributed by atoms with Gasteiger partial charge in [0.15, 0.2) is 0 Å². The highest BCUT2D eigenvalue weighted by Crippen LogP contribution is 2.09. The lowest BCUT2D eigenvalue weighted by atomic mass is 10.1. The van der Waals surface area contributed by atoms with Crippen molar-refractivity contribution < 1.29 is 14.3 Å². The third kappa shape index (κ3) is 3.90. The molecule has 0 aromatic heterocycles. The van der Waals surface area contributed by atoms with Crippen molar-refractivity contribution in [3.63, 3.8) is 0 Å². The Hall–Kier alpha value is -1.06. The molecule has 0 spiro atoms. The fourth-order valence-corrected chi connectivity index (χ4v) is 1.60. The SMILES string of the molecule is CCCCOC(=O)C(=O)N1CCCCC1. The minimum atomic E-state index is -0.689. The Morgan fingerprint density at radius 2 is 1.87 bits per heavy atom. The van der Waals surface area contributed by atoms with Gasteiger partial charge in [-0.25, -0.2) is 4.79 Å². The van der Waals surface area contributed by atoms with Crippen LogP contribution in [0.3, 0.4) is 0 Å². The minimum absolute atomic E-state index is 0.356. The van der Waals surface area contributed by atoms with E-state index in [0.29, 0.717) is 19.7 Å². The van der Waals surface area contributed by atoms with E-state index in [4.69, 9.17) is 4.74 Å². The molecular weight excluding hydrogens is 194 g/mol. The number of rotatable bonds is 3. The summed E-state index contributed by atoms with van der Waals surface area (Å²) in [5.41, 5.74) is 0. The van der Waals surface area contributed by atoms with E-state index in [1.54, 1.807) is 4.90 Å². The molecule has 4 heteroatoms. The molecule has 1 aliphatic heterocycles. The summed E-state index contributed by atoms with van der Waals surface area (Å²) >= 11 is 0. The van der Waals surface area contributed by atoms with Gasteiger partial charge in [-0.3, -0.25) is 4.79 Å². The van der Waals surface area contributed by atoms with Crippen LogP contribution in [0.4, 0.5) is 0 Å². The zero-order chi connectivity index (χ0) is 11.1. The van der Waals surface area contributed by atoms with Crippen molar-refractivity contribution in [3.8, 4) is 0 Å². The molecule has 0 aromatic rings. The summed E-state index contributed by atoms with van der Waals surface area (Å²) in [6.07, 6.45) is 4.92. The Morgan fingerprint density at radius 1 is 1.20 bits per heavy atom. The second-order valence-electron chi connectivity index (χ2n) is 3.84. The predicted octanol–water partition coefficient (Wildman–Crippen LogP) is 1.34. The number of hydrogen-bond acceptors (Lipinski definition) is 3. The first-order valence-corrected chi connectivity index (χ1v) is 5.71. The Bertz CT molecular complexity index is 222. The number of piperidine rings is 1. The lowest BCUT2D eigenvalue weighted by Crippen LogP contribution is -2.40. The molecule has 86 valence electrons. The van der Waals surface area contributed by atoms with Crippen LogP contribution in [0.25, 0.3) is 0 Å². The van der Waals surface area contributed by atoms with Crippen LogP contribution in [0.5, 0.6) is 0 Å². The van der Waals surface area contributed by atoms with Crippen molar-refractivity contribution in [3.05, 3.63) is 0 Å². The van der Waals surface area contributed by atoms with Crippen LogP contribution in [0, 0.1) is 0 Å². The van der Waals surface area contributed by atoms with Gasteiger partial charge in [0.2, 0.25) is 0 Å². The van der Waals surface area contributed by atoms with Crippen molar-refractivity contribution >= 4 is 11.9 Å². The summed E-state index contributed by atoms with van der Waals surface area (Å²) in [5, 5.41) is 0. The summed E-state index contributed by atoms with van der Waals surface area (Å²) in [6.45, 7) is 3.76. The maximum atomic E-state index is 11.5. The number of esters is 1. The fourth-order valence-electron chi connectivity index (χ4n) is 1.60.